The first-order chi connectivity index (χ1) is 23.2. The minimum absolute atomic E-state index is 0.0846. The molecule has 2 heterocycles. The first-order valence-corrected chi connectivity index (χ1v) is 17.8. The number of ketones is 1. The predicted molar refractivity (Wildman–Crippen MR) is 206 cm³/mol. The Balaban J connectivity index is 1.24. The van der Waals surface area contributed by atoms with Crippen LogP contribution in [-0.2, 0) is 15.6 Å². The standard InChI is InChI=1S/C45H51N2O/c1-7-31-46-38-29-27-34-21-15-17-23-36(34)42(38)44(3,4)40(46)25-13-9-8-10-14-26-41-45(5,6)43-37-24-18-16-22-35(37)28-30-39(43)47(41)32-19-11-12-20-33(2)48/h8-10,13-18,21-30H,7,11-12,19-20,31-32H2,1-6H3/q+1. The molecule has 0 bridgehead atoms. The van der Waals surface area contributed by atoms with Crippen LogP contribution in [0.1, 0.15) is 84.8 Å². The lowest BCUT2D eigenvalue weighted by Gasteiger charge is -2.27. The number of rotatable bonds is 12. The van der Waals surface area contributed by atoms with Gasteiger partial charge in [0.25, 0.3) is 0 Å². The lowest BCUT2D eigenvalue weighted by atomic mass is 9.79. The molecule has 0 N–H and O–H groups in total. The summed E-state index contributed by atoms with van der Waals surface area (Å²) in [5.74, 6) is 0.283. The van der Waals surface area contributed by atoms with Crippen molar-refractivity contribution in [3.8, 4) is 0 Å². The number of anilines is 1. The lowest BCUT2D eigenvalue weighted by molar-refractivity contribution is -0.437. The monoisotopic (exact) mass is 635 g/mol. The molecule has 0 unspecified atom stereocenters. The maximum Gasteiger partial charge on any atom is 0.210 e. The normalized spacial score (nSPS) is 17.6. The van der Waals surface area contributed by atoms with E-state index in [9.17, 15) is 4.79 Å². The molecular formula is C45H51N2O+. The van der Waals surface area contributed by atoms with Gasteiger partial charge in [-0.15, -0.1) is 0 Å². The lowest BCUT2D eigenvalue weighted by Crippen LogP contribution is -2.28. The quantitative estimate of drug-likeness (QED) is 0.0878. The average Bonchev–Trinajstić information content (AvgIpc) is 3.42. The van der Waals surface area contributed by atoms with Gasteiger partial charge < -0.3 is 9.69 Å². The summed E-state index contributed by atoms with van der Waals surface area (Å²) in [5, 5.41) is 5.28. The Labute approximate surface area is 287 Å². The van der Waals surface area contributed by atoms with E-state index in [4.69, 9.17) is 0 Å². The maximum atomic E-state index is 11.5. The van der Waals surface area contributed by atoms with Crippen LogP contribution in [0.5, 0.6) is 0 Å². The van der Waals surface area contributed by atoms with Gasteiger partial charge in [0, 0.05) is 53.9 Å². The summed E-state index contributed by atoms with van der Waals surface area (Å²) >= 11 is 0. The fourth-order valence-electron chi connectivity index (χ4n) is 8.08. The van der Waals surface area contributed by atoms with Crippen LogP contribution in [0.15, 0.2) is 121 Å². The first-order valence-electron chi connectivity index (χ1n) is 17.8. The summed E-state index contributed by atoms with van der Waals surface area (Å²) in [7, 11) is 0. The Morgan fingerprint density at radius 3 is 2.08 bits per heavy atom. The molecule has 4 aromatic rings. The third-order valence-corrected chi connectivity index (χ3v) is 10.3. The van der Waals surface area contributed by atoms with E-state index < -0.39 is 0 Å². The summed E-state index contributed by atoms with van der Waals surface area (Å²) in [5.41, 5.74) is 7.95. The highest BCUT2D eigenvalue weighted by atomic mass is 16.1. The van der Waals surface area contributed by atoms with Crippen molar-refractivity contribution in [1.82, 2.24) is 0 Å². The number of nitrogens with zero attached hydrogens (tertiary/aromatic N) is 2. The fraction of sp³-hybridized carbons (Fsp3) is 0.333. The highest BCUT2D eigenvalue weighted by Gasteiger charge is 2.45. The molecule has 0 amide bonds. The molecule has 2 aliphatic heterocycles. The van der Waals surface area contributed by atoms with Crippen LogP contribution in [0.2, 0.25) is 0 Å². The molecule has 0 saturated heterocycles. The average molecular weight is 636 g/mol. The number of hydrogen-bond acceptors (Lipinski definition) is 2. The van der Waals surface area contributed by atoms with Gasteiger partial charge in [0.1, 0.15) is 12.3 Å². The molecule has 6 rings (SSSR count). The molecular weight excluding hydrogens is 585 g/mol. The minimum Gasteiger partial charge on any atom is -0.344 e. The summed E-state index contributed by atoms with van der Waals surface area (Å²) in [6.45, 7) is 15.3. The van der Waals surface area contributed by atoms with Gasteiger partial charge in [0.05, 0.1) is 5.41 Å². The zero-order chi connectivity index (χ0) is 33.9. The topological polar surface area (TPSA) is 23.3 Å². The van der Waals surface area contributed by atoms with E-state index in [1.165, 1.54) is 55.5 Å². The molecule has 2 aliphatic rings. The Bertz CT molecular complexity index is 2000. The van der Waals surface area contributed by atoms with Gasteiger partial charge in [0.15, 0.2) is 5.71 Å². The van der Waals surface area contributed by atoms with Crippen LogP contribution in [0, 0.1) is 0 Å². The van der Waals surface area contributed by atoms with Crippen LogP contribution in [0.3, 0.4) is 0 Å². The molecule has 0 radical (unpaired) electrons. The summed E-state index contributed by atoms with van der Waals surface area (Å²) in [4.78, 5) is 14.0. The number of carbonyl (C=O) groups is 1. The number of Topliss-reactive ketones (excluding diaryl/α,β-unsaturated/α-hetero) is 1. The molecule has 3 nitrogen and oxygen atoms in total. The number of unbranched alkanes of at least 4 members (excludes halogenated alkanes) is 2. The second kappa shape index (κ2) is 13.9. The highest BCUT2D eigenvalue weighted by Crippen LogP contribution is 2.51. The number of carbonyl (C=O) groups excluding carboxylic acids is 1. The second-order valence-electron chi connectivity index (χ2n) is 14.5. The van der Waals surface area contributed by atoms with Crippen LogP contribution in [-0.4, -0.2) is 29.2 Å². The molecule has 3 heteroatoms. The molecule has 4 aromatic carbocycles. The highest BCUT2D eigenvalue weighted by molar-refractivity contribution is 6.07. The van der Waals surface area contributed by atoms with Crippen molar-refractivity contribution in [1.29, 1.82) is 0 Å². The number of benzene rings is 4. The fourth-order valence-corrected chi connectivity index (χ4v) is 8.08. The Morgan fingerprint density at radius 2 is 1.38 bits per heavy atom. The van der Waals surface area contributed by atoms with Gasteiger partial charge in [-0.3, -0.25) is 0 Å². The van der Waals surface area contributed by atoms with E-state index in [-0.39, 0.29) is 16.6 Å². The van der Waals surface area contributed by atoms with Gasteiger partial charge in [-0.25, -0.2) is 0 Å². The van der Waals surface area contributed by atoms with Crippen molar-refractivity contribution in [3.63, 3.8) is 0 Å². The maximum absolute atomic E-state index is 11.5. The molecule has 48 heavy (non-hydrogen) atoms. The van der Waals surface area contributed by atoms with Crippen LogP contribution >= 0.6 is 0 Å². The van der Waals surface area contributed by atoms with E-state index in [1.807, 2.05) is 0 Å². The number of fused-ring (bicyclic) bond motifs is 6. The smallest absolute Gasteiger partial charge is 0.210 e. The van der Waals surface area contributed by atoms with Crippen molar-refractivity contribution in [2.24, 2.45) is 0 Å². The molecule has 0 atom stereocenters. The minimum atomic E-state index is -0.129. The summed E-state index contributed by atoms with van der Waals surface area (Å²) in [6.07, 6.45) is 20.3. The predicted octanol–water partition coefficient (Wildman–Crippen LogP) is 11.3. The van der Waals surface area contributed by atoms with Gasteiger partial charge in [-0.1, -0.05) is 112 Å². The van der Waals surface area contributed by atoms with Gasteiger partial charge in [0.2, 0.25) is 5.69 Å². The molecule has 0 spiro atoms. The van der Waals surface area contributed by atoms with Crippen molar-refractivity contribution in [3.05, 3.63) is 132 Å². The first kappa shape index (κ1) is 33.4. The molecule has 0 saturated carbocycles. The van der Waals surface area contributed by atoms with Crippen LogP contribution in [0.4, 0.5) is 11.4 Å². The summed E-state index contributed by atoms with van der Waals surface area (Å²) < 4.78 is 2.52. The Kier molecular flexibility index (Phi) is 9.69. The molecule has 0 aliphatic carbocycles. The largest absolute Gasteiger partial charge is 0.344 e. The second-order valence-corrected chi connectivity index (χ2v) is 14.5. The van der Waals surface area contributed by atoms with E-state index in [1.54, 1.807) is 6.92 Å². The molecule has 0 aromatic heterocycles. The van der Waals surface area contributed by atoms with E-state index in [0.29, 0.717) is 6.42 Å². The van der Waals surface area contributed by atoms with E-state index >= 15 is 0 Å². The molecule has 0 fully saturated rings. The Hall–Kier alpha value is -4.50. The van der Waals surface area contributed by atoms with Crippen molar-refractivity contribution in [2.75, 3.05) is 18.0 Å². The van der Waals surface area contributed by atoms with Crippen molar-refractivity contribution in [2.45, 2.75) is 84.5 Å². The summed E-state index contributed by atoms with van der Waals surface area (Å²) in [6, 6.07) is 26.7. The van der Waals surface area contributed by atoms with Gasteiger partial charge in [-0.05, 0) is 78.9 Å². The zero-order valence-electron chi connectivity index (χ0n) is 29.7. The third kappa shape index (κ3) is 6.23. The SMILES string of the molecule is CCC[N+]1=C(/C=C/C=C/C=C/C=C2\N(CCCCCC(C)=O)c3ccc4ccccc4c3C2(C)C)C(C)(C)c2c1ccc1ccccc21. The third-order valence-electron chi connectivity index (χ3n) is 10.3. The van der Waals surface area contributed by atoms with Crippen molar-refractivity contribution < 1.29 is 9.37 Å². The van der Waals surface area contributed by atoms with Crippen LogP contribution < -0.4 is 4.90 Å². The van der Waals surface area contributed by atoms with Crippen molar-refractivity contribution >= 4 is 44.4 Å². The zero-order valence-corrected chi connectivity index (χ0v) is 29.7. The number of hydrogen-bond donors (Lipinski definition) is 0. The van der Waals surface area contributed by atoms with Gasteiger partial charge in [-0.2, -0.15) is 4.58 Å². The van der Waals surface area contributed by atoms with Crippen LogP contribution in [0.25, 0.3) is 21.5 Å². The van der Waals surface area contributed by atoms with E-state index in [0.717, 1.165) is 38.8 Å². The molecule has 246 valence electrons. The van der Waals surface area contributed by atoms with Gasteiger partial charge >= 0.3 is 0 Å². The number of allylic oxidation sites excluding steroid dienone is 8. The van der Waals surface area contributed by atoms with E-state index in [2.05, 4.69) is 159 Å². The Morgan fingerprint density at radius 1 is 0.729 bits per heavy atom.